The van der Waals surface area contributed by atoms with Crippen LogP contribution in [0.5, 0.6) is 0 Å². The highest BCUT2D eigenvalue weighted by atomic mass is 19.1. The van der Waals surface area contributed by atoms with Crippen LogP contribution in [0.25, 0.3) is 49.0 Å². The van der Waals surface area contributed by atoms with E-state index in [1.165, 1.54) is 87.9 Å². The average molecular weight is 488 g/mol. The summed E-state index contributed by atoms with van der Waals surface area (Å²) in [6, 6.07) is 15.2. The number of aromatic nitrogens is 2. The van der Waals surface area contributed by atoms with Crippen LogP contribution >= 0.6 is 0 Å². The lowest BCUT2D eigenvalue weighted by molar-refractivity contribution is -0.643. The number of rotatable bonds is 1. The van der Waals surface area contributed by atoms with Crippen molar-refractivity contribution in [3.05, 3.63) is 71.2 Å². The van der Waals surface area contributed by atoms with Crippen LogP contribution in [-0.4, -0.2) is 4.40 Å². The summed E-state index contributed by atoms with van der Waals surface area (Å²) in [7, 11) is 2.16. The number of aryl methyl sites for hydroxylation is 3. The summed E-state index contributed by atoms with van der Waals surface area (Å²) in [6.07, 6.45) is 10.6. The van der Waals surface area contributed by atoms with E-state index in [1.807, 2.05) is 6.07 Å². The minimum atomic E-state index is -0.132. The van der Waals surface area contributed by atoms with Gasteiger partial charge < -0.3 is 4.40 Å². The molecule has 3 heterocycles. The fraction of sp³-hybridized carbons (Fsp3) is 0.382. The Morgan fingerprint density at radius 2 is 1.59 bits per heavy atom. The van der Waals surface area contributed by atoms with Gasteiger partial charge in [-0.1, -0.05) is 12.1 Å². The van der Waals surface area contributed by atoms with E-state index in [9.17, 15) is 0 Å². The monoisotopic (exact) mass is 487 g/mol. The number of fused-ring (bicyclic) bond motifs is 5. The van der Waals surface area contributed by atoms with Gasteiger partial charge in [0.1, 0.15) is 12.9 Å². The Bertz CT molecular complexity index is 1920. The average Bonchev–Trinajstić information content (AvgIpc) is 3.20. The van der Waals surface area contributed by atoms with Crippen molar-refractivity contribution < 1.29 is 8.96 Å². The van der Waals surface area contributed by atoms with Crippen molar-refractivity contribution in [2.75, 3.05) is 0 Å². The Morgan fingerprint density at radius 1 is 0.865 bits per heavy atom. The number of nitrogens with zero attached hydrogens (tertiary/aromatic N) is 2. The molecular formula is C34H32FN2+. The second-order valence-electron chi connectivity index (χ2n) is 13.0. The van der Waals surface area contributed by atoms with E-state index in [1.54, 1.807) is 6.07 Å². The van der Waals surface area contributed by atoms with Gasteiger partial charge in [0.2, 0.25) is 5.52 Å². The summed E-state index contributed by atoms with van der Waals surface area (Å²) in [6.45, 7) is 4.43. The van der Waals surface area contributed by atoms with Crippen LogP contribution in [0.1, 0.15) is 55.2 Å². The molecule has 4 fully saturated rings. The second-order valence-corrected chi connectivity index (χ2v) is 13.0. The van der Waals surface area contributed by atoms with Crippen molar-refractivity contribution in [1.29, 1.82) is 0 Å². The molecule has 3 heteroatoms. The molecule has 0 atom stereocenters. The number of para-hydroxylation sites is 1. The Labute approximate surface area is 216 Å². The third kappa shape index (κ3) is 2.45. The van der Waals surface area contributed by atoms with E-state index in [-0.39, 0.29) is 5.82 Å². The van der Waals surface area contributed by atoms with Crippen molar-refractivity contribution in [1.82, 2.24) is 4.40 Å². The van der Waals surface area contributed by atoms with E-state index in [0.717, 1.165) is 34.0 Å². The van der Waals surface area contributed by atoms with Gasteiger partial charge in [-0.3, -0.25) is 0 Å². The summed E-state index contributed by atoms with van der Waals surface area (Å²) >= 11 is 0. The molecule has 3 aromatic heterocycles. The summed E-state index contributed by atoms with van der Waals surface area (Å²) < 4.78 is 20.3. The molecular weight excluding hydrogens is 455 g/mol. The maximum atomic E-state index is 15.8. The normalized spacial score (nSPS) is 27.2. The van der Waals surface area contributed by atoms with Crippen molar-refractivity contribution in [2.24, 2.45) is 24.8 Å². The highest BCUT2D eigenvalue weighted by molar-refractivity contribution is 6.26. The fourth-order valence-electron chi connectivity index (χ4n) is 9.67. The summed E-state index contributed by atoms with van der Waals surface area (Å²) in [4.78, 5) is 0. The summed E-state index contributed by atoms with van der Waals surface area (Å²) in [5.41, 5.74) is 8.69. The topological polar surface area (TPSA) is 8.29 Å². The SMILES string of the molecule is Cc1cc2c3cccc(F)c3n3c4cc(C56CC7CC(CC(C7)C5)C6)cc5cc[n+](C)c(c(c1C)c23)c54. The molecule has 10 rings (SSSR count). The van der Waals surface area contributed by atoms with Gasteiger partial charge in [-0.25, -0.2) is 8.96 Å². The fourth-order valence-corrected chi connectivity index (χ4v) is 9.67. The van der Waals surface area contributed by atoms with Crippen LogP contribution < -0.4 is 4.57 Å². The van der Waals surface area contributed by atoms with Gasteiger partial charge in [-0.2, -0.15) is 0 Å². The number of pyridine rings is 2. The lowest BCUT2D eigenvalue weighted by atomic mass is 9.48. The van der Waals surface area contributed by atoms with Crippen molar-refractivity contribution in [2.45, 2.75) is 57.8 Å². The van der Waals surface area contributed by atoms with Crippen LogP contribution in [0.3, 0.4) is 0 Å². The van der Waals surface area contributed by atoms with Gasteiger partial charge in [0, 0.05) is 16.8 Å². The Hall–Kier alpha value is -3.20. The molecule has 4 aliphatic carbocycles. The molecule has 4 bridgehead atoms. The van der Waals surface area contributed by atoms with Crippen LogP contribution in [0.2, 0.25) is 0 Å². The molecule has 0 unspecified atom stereocenters. The molecule has 0 saturated heterocycles. The maximum absolute atomic E-state index is 15.8. The zero-order valence-electron chi connectivity index (χ0n) is 21.9. The molecule has 0 spiro atoms. The largest absolute Gasteiger partial charge is 0.305 e. The minimum Gasteiger partial charge on any atom is -0.305 e. The smallest absolute Gasteiger partial charge is 0.224 e. The van der Waals surface area contributed by atoms with Gasteiger partial charge >= 0.3 is 0 Å². The van der Waals surface area contributed by atoms with E-state index >= 15 is 4.39 Å². The van der Waals surface area contributed by atoms with Gasteiger partial charge in [0.05, 0.1) is 27.3 Å². The molecule has 2 nitrogen and oxygen atoms in total. The Balaban J connectivity index is 1.52. The van der Waals surface area contributed by atoms with E-state index in [0.29, 0.717) is 5.41 Å². The first-order valence-electron chi connectivity index (χ1n) is 14.1. The molecule has 6 aromatic rings. The summed E-state index contributed by atoms with van der Waals surface area (Å²) in [5.74, 6) is 2.55. The van der Waals surface area contributed by atoms with Gasteiger partial charge in [0.15, 0.2) is 6.20 Å². The first-order valence-corrected chi connectivity index (χ1v) is 14.1. The highest BCUT2D eigenvalue weighted by Gasteiger charge is 2.51. The van der Waals surface area contributed by atoms with Crippen LogP contribution in [0, 0.1) is 37.4 Å². The van der Waals surface area contributed by atoms with E-state index in [2.05, 4.69) is 66.4 Å². The maximum Gasteiger partial charge on any atom is 0.224 e. The van der Waals surface area contributed by atoms with Crippen LogP contribution in [0.4, 0.5) is 4.39 Å². The number of benzene rings is 3. The lowest BCUT2D eigenvalue weighted by Crippen LogP contribution is -2.48. The molecule has 37 heavy (non-hydrogen) atoms. The molecule has 4 saturated carbocycles. The van der Waals surface area contributed by atoms with Crippen molar-refractivity contribution in [3.8, 4) is 0 Å². The zero-order chi connectivity index (χ0) is 24.8. The molecule has 3 aromatic carbocycles. The standard InChI is InChI=1S/C34H32FN2/c1-18-9-26-25-5-4-6-27(35)31(25)37-28-14-24(34-15-20-10-21(16-34)12-22(11-20)17-34)13-23-7-8-36(3)33(30(23)28)29(19(18)2)32(26)37/h4-9,13-14,20-22H,10-12,15-17H2,1-3H3/q+1. The number of halogens is 1. The van der Waals surface area contributed by atoms with Crippen LogP contribution in [0.15, 0.2) is 48.7 Å². The number of hydrogen-bond donors (Lipinski definition) is 0. The third-order valence-electron chi connectivity index (χ3n) is 10.9. The Morgan fingerprint density at radius 3 is 2.32 bits per heavy atom. The molecule has 0 radical (unpaired) electrons. The highest BCUT2D eigenvalue weighted by Crippen LogP contribution is 2.61. The molecule has 4 aliphatic rings. The van der Waals surface area contributed by atoms with Gasteiger partial charge in [0.25, 0.3) is 0 Å². The van der Waals surface area contributed by atoms with E-state index < -0.39 is 0 Å². The molecule has 0 N–H and O–H groups in total. The minimum absolute atomic E-state index is 0.132. The molecule has 0 amide bonds. The first kappa shape index (κ1) is 20.8. The predicted octanol–water partition coefficient (Wildman–Crippen LogP) is 8.04. The lowest BCUT2D eigenvalue weighted by Gasteiger charge is -2.57. The zero-order valence-corrected chi connectivity index (χ0v) is 21.9. The first-order chi connectivity index (χ1) is 17.9. The molecule has 184 valence electrons. The Kier molecular flexibility index (Phi) is 3.72. The number of hydrogen-bond acceptors (Lipinski definition) is 0. The van der Waals surface area contributed by atoms with Crippen molar-refractivity contribution in [3.63, 3.8) is 0 Å². The van der Waals surface area contributed by atoms with Crippen molar-refractivity contribution >= 4 is 49.0 Å². The quantitative estimate of drug-likeness (QED) is 0.126. The summed E-state index contributed by atoms with van der Waals surface area (Å²) in [5, 5.41) is 6.00. The predicted molar refractivity (Wildman–Crippen MR) is 149 cm³/mol. The third-order valence-corrected chi connectivity index (χ3v) is 10.9. The second kappa shape index (κ2) is 6.62. The van der Waals surface area contributed by atoms with Gasteiger partial charge in [-0.15, -0.1) is 0 Å². The van der Waals surface area contributed by atoms with Gasteiger partial charge in [-0.05, 0) is 122 Å². The van der Waals surface area contributed by atoms with E-state index in [4.69, 9.17) is 0 Å². The van der Waals surface area contributed by atoms with Crippen LogP contribution in [-0.2, 0) is 12.5 Å². The molecule has 0 aliphatic heterocycles.